The molecule has 0 saturated carbocycles. The monoisotopic (exact) mass is 271 g/mol. The summed E-state index contributed by atoms with van der Waals surface area (Å²) in [6.45, 7) is 7.26. The molecule has 0 bridgehead atoms. The van der Waals surface area contributed by atoms with E-state index < -0.39 is 0 Å². The topological polar surface area (TPSA) is 44.5 Å². The predicted molar refractivity (Wildman–Crippen MR) is 82.5 cm³/mol. The van der Waals surface area contributed by atoms with Crippen LogP contribution in [0.3, 0.4) is 0 Å². The van der Waals surface area contributed by atoms with E-state index in [0.29, 0.717) is 13.2 Å². The molecule has 0 aliphatic carbocycles. The first-order chi connectivity index (χ1) is 9.56. The molecular weight excluding hydrogens is 250 g/mol. The van der Waals surface area contributed by atoms with E-state index in [9.17, 15) is 0 Å². The van der Waals surface area contributed by atoms with Crippen LogP contribution in [0.15, 0.2) is 36.4 Å². The molecule has 3 heteroatoms. The molecule has 0 fully saturated rings. The molecule has 0 unspecified atom stereocenters. The first-order valence-corrected chi connectivity index (χ1v) is 6.75. The van der Waals surface area contributed by atoms with Crippen LogP contribution in [0.25, 0.3) is 0 Å². The third-order valence-electron chi connectivity index (χ3n) is 3.08. The Morgan fingerprint density at radius 2 is 1.40 bits per heavy atom. The quantitative estimate of drug-likeness (QED) is 0.667. The van der Waals surface area contributed by atoms with Crippen LogP contribution in [-0.2, 0) is 0 Å². The molecule has 2 rings (SSSR count). The Hall–Kier alpha value is -2.16. The number of anilines is 1. The lowest BCUT2D eigenvalue weighted by atomic mass is 10.1. The average Bonchev–Trinajstić information content (AvgIpc) is 2.39. The van der Waals surface area contributed by atoms with E-state index in [4.69, 9.17) is 15.2 Å². The summed E-state index contributed by atoms with van der Waals surface area (Å²) in [5, 5.41) is 0. The molecule has 0 aromatic heterocycles. The number of aryl methyl sites for hydroxylation is 3. The van der Waals surface area contributed by atoms with Gasteiger partial charge in [0.15, 0.2) is 0 Å². The van der Waals surface area contributed by atoms with Crippen LogP contribution in [0.5, 0.6) is 11.5 Å². The lowest BCUT2D eigenvalue weighted by Crippen LogP contribution is -2.10. The van der Waals surface area contributed by atoms with Crippen LogP contribution in [0.2, 0.25) is 0 Å². The lowest BCUT2D eigenvalue weighted by Gasteiger charge is -2.13. The summed E-state index contributed by atoms with van der Waals surface area (Å²) in [6.07, 6.45) is 0. The number of ether oxygens (including phenoxy) is 2. The molecule has 0 aliphatic rings. The van der Waals surface area contributed by atoms with Crippen molar-refractivity contribution in [2.75, 3.05) is 18.9 Å². The van der Waals surface area contributed by atoms with E-state index in [1.807, 2.05) is 24.3 Å². The van der Waals surface area contributed by atoms with Crippen LogP contribution in [0.1, 0.15) is 16.7 Å². The standard InChI is InChI=1S/C17H21NO2/c1-12-10-13(2)17(14(3)11-12)20-9-8-19-16-6-4-15(18)5-7-16/h4-7,10-11H,8-9,18H2,1-3H3. The molecule has 2 N–H and O–H groups in total. The molecule has 3 nitrogen and oxygen atoms in total. The largest absolute Gasteiger partial charge is 0.490 e. The highest BCUT2D eigenvalue weighted by atomic mass is 16.5. The SMILES string of the molecule is Cc1cc(C)c(OCCOc2ccc(N)cc2)c(C)c1. The first kappa shape index (κ1) is 14.3. The summed E-state index contributed by atoms with van der Waals surface area (Å²) in [4.78, 5) is 0. The highest BCUT2D eigenvalue weighted by Crippen LogP contribution is 2.24. The van der Waals surface area contributed by atoms with Gasteiger partial charge in [0.2, 0.25) is 0 Å². The van der Waals surface area contributed by atoms with Crippen molar-refractivity contribution in [1.29, 1.82) is 0 Å². The van der Waals surface area contributed by atoms with Gasteiger partial charge in [-0.2, -0.15) is 0 Å². The highest BCUT2D eigenvalue weighted by Gasteiger charge is 2.04. The van der Waals surface area contributed by atoms with Gasteiger partial charge in [-0.15, -0.1) is 0 Å². The first-order valence-electron chi connectivity index (χ1n) is 6.75. The van der Waals surface area contributed by atoms with Gasteiger partial charge in [-0.25, -0.2) is 0 Å². The van der Waals surface area contributed by atoms with Crippen molar-refractivity contribution < 1.29 is 9.47 Å². The third-order valence-corrected chi connectivity index (χ3v) is 3.08. The highest BCUT2D eigenvalue weighted by molar-refractivity contribution is 5.43. The van der Waals surface area contributed by atoms with Gasteiger partial charge in [0.25, 0.3) is 0 Å². The van der Waals surface area contributed by atoms with Crippen molar-refractivity contribution in [3.63, 3.8) is 0 Å². The zero-order valence-corrected chi connectivity index (χ0v) is 12.3. The summed E-state index contributed by atoms with van der Waals surface area (Å²) >= 11 is 0. The van der Waals surface area contributed by atoms with E-state index in [0.717, 1.165) is 28.3 Å². The maximum absolute atomic E-state index is 5.82. The maximum atomic E-state index is 5.82. The zero-order chi connectivity index (χ0) is 14.5. The van der Waals surface area contributed by atoms with Gasteiger partial charge in [0, 0.05) is 5.69 Å². The predicted octanol–water partition coefficient (Wildman–Crippen LogP) is 3.65. The minimum Gasteiger partial charge on any atom is -0.490 e. The molecule has 0 saturated heterocycles. The fourth-order valence-corrected chi connectivity index (χ4v) is 2.26. The summed E-state index contributed by atoms with van der Waals surface area (Å²) in [7, 11) is 0. The van der Waals surface area contributed by atoms with Crippen LogP contribution >= 0.6 is 0 Å². The van der Waals surface area contributed by atoms with E-state index in [1.165, 1.54) is 5.56 Å². The summed E-state index contributed by atoms with van der Waals surface area (Å²) in [5.41, 5.74) is 9.94. The molecule has 2 aromatic carbocycles. The van der Waals surface area contributed by atoms with Crippen LogP contribution in [0, 0.1) is 20.8 Å². The Bertz CT molecular complexity index is 553. The Labute approximate surface area is 120 Å². The Morgan fingerprint density at radius 1 is 0.850 bits per heavy atom. The molecule has 20 heavy (non-hydrogen) atoms. The molecular formula is C17H21NO2. The smallest absolute Gasteiger partial charge is 0.125 e. The minimum absolute atomic E-state index is 0.511. The molecule has 0 aliphatic heterocycles. The number of nitrogen functional groups attached to an aromatic ring is 1. The molecule has 0 radical (unpaired) electrons. The van der Waals surface area contributed by atoms with Crippen molar-refractivity contribution in [2.24, 2.45) is 0 Å². The molecule has 106 valence electrons. The molecule has 0 amide bonds. The number of nitrogens with two attached hydrogens (primary N) is 1. The van der Waals surface area contributed by atoms with Gasteiger partial charge < -0.3 is 15.2 Å². The van der Waals surface area contributed by atoms with Crippen molar-refractivity contribution >= 4 is 5.69 Å². The molecule has 0 spiro atoms. The number of hydrogen-bond donors (Lipinski definition) is 1. The molecule has 0 heterocycles. The number of rotatable bonds is 5. The van der Waals surface area contributed by atoms with Crippen molar-refractivity contribution in [3.05, 3.63) is 53.1 Å². The second-order valence-electron chi connectivity index (χ2n) is 4.99. The van der Waals surface area contributed by atoms with Crippen molar-refractivity contribution in [3.8, 4) is 11.5 Å². The zero-order valence-electron chi connectivity index (χ0n) is 12.3. The Kier molecular flexibility index (Phi) is 4.51. The van der Waals surface area contributed by atoms with E-state index in [-0.39, 0.29) is 0 Å². The maximum Gasteiger partial charge on any atom is 0.125 e. The van der Waals surface area contributed by atoms with Gasteiger partial charge in [0.05, 0.1) is 0 Å². The Morgan fingerprint density at radius 3 is 2.00 bits per heavy atom. The second kappa shape index (κ2) is 6.33. The fraction of sp³-hybridized carbons (Fsp3) is 0.294. The summed E-state index contributed by atoms with van der Waals surface area (Å²) in [6, 6.07) is 11.6. The van der Waals surface area contributed by atoms with E-state index >= 15 is 0 Å². The molecule has 2 aromatic rings. The minimum atomic E-state index is 0.511. The summed E-state index contributed by atoms with van der Waals surface area (Å²) in [5.74, 6) is 1.76. The van der Waals surface area contributed by atoms with Crippen LogP contribution < -0.4 is 15.2 Å². The van der Waals surface area contributed by atoms with Gasteiger partial charge in [-0.1, -0.05) is 17.7 Å². The van der Waals surface area contributed by atoms with Gasteiger partial charge in [-0.05, 0) is 56.2 Å². The normalized spacial score (nSPS) is 10.3. The second-order valence-corrected chi connectivity index (χ2v) is 4.99. The average molecular weight is 271 g/mol. The third kappa shape index (κ3) is 3.67. The van der Waals surface area contributed by atoms with Crippen molar-refractivity contribution in [2.45, 2.75) is 20.8 Å². The molecule has 0 atom stereocenters. The van der Waals surface area contributed by atoms with Crippen molar-refractivity contribution in [1.82, 2.24) is 0 Å². The summed E-state index contributed by atoms with van der Waals surface area (Å²) < 4.78 is 11.4. The lowest BCUT2D eigenvalue weighted by molar-refractivity contribution is 0.215. The van der Waals surface area contributed by atoms with Gasteiger partial charge in [-0.3, -0.25) is 0 Å². The Balaban J connectivity index is 1.86. The number of hydrogen-bond acceptors (Lipinski definition) is 3. The van der Waals surface area contributed by atoms with Crippen LogP contribution in [0.4, 0.5) is 5.69 Å². The number of benzene rings is 2. The van der Waals surface area contributed by atoms with Gasteiger partial charge in [0.1, 0.15) is 24.7 Å². The fourth-order valence-electron chi connectivity index (χ4n) is 2.26. The van der Waals surface area contributed by atoms with Crippen LogP contribution in [-0.4, -0.2) is 13.2 Å². The van der Waals surface area contributed by atoms with E-state index in [2.05, 4.69) is 32.9 Å². The van der Waals surface area contributed by atoms with E-state index in [1.54, 1.807) is 0 Å². The van der Waals surface area contributed by atoms with Gasteiger partial charge >= 0.3 is 0 Å².